The van der Waals surface area contributed by atoms with Crippen molar-refractivity contribution in [3.05, 3.63) is 46.2 Å². The smallest absolute Gasteiger partial charge is 0.316 e. The predicted octanol–water partition coefficient (Wildman–Crippen LogP) is 3.09. The molecule has 0 N–H and O–H groups in total. The molecule has 1 aliphatic heterocycles. The SMILES string of the molecule is Cc1ccc(C)c(S(=O)(=O)N2CCCC(Oc3ncc(Br)cn3)C2)c1. The third-order valence-corrected chi connectivity index (χ3v) is 6.59. The summed E-state index contributed by atoms with van der Waals surface area (Å²) in [6.07, 6.45) is 4.48. The van der Waals surface area contributed by atoms with Crippen LogP contribution in [0.3, 0.4) is 0 Å². The van der Waals surface area contributed by atoms with E-state index >= 15 is 0 Å². The highest BCUT2D eigenvalue weighted by Gasteiger charge is 2.32. The van der Waals surface area contributed by atoms with E-state index in [9.17, 15) is 8.42 Å². The molecule has 1 fully saturated rings. The molecule has 0 aliphatic carbocycles. The Morgan fingerprint density at radius 2 is 1.96 bits per heavy atom. The van der Waals surface area contributed by atoms with Crippen LogP contribution >= 0.6 is 15.9 Å². The second-order valence-corrected chi connectivity index (χ2v) is 9.02. The van der Waals surface area contributed by atoms with Crippen molar-refractivity contribution in [3.8, 4) is 6.01 Å². The number of sulfonamides is 1. The number of nitrogens with zero attached hydrogens (tertiary/aromatic N) is 3. The van der Waals surface area contributed by atoms with Crippen LogP contribution in [0.4, 0.5) is 0 Å². The average molecular weight is 426 g/mol. The average Bonchev–Trinajstić information content (AvgIpc) is 2.59. The van der Waals surface area contributed by atoms with Crippen molar-refractivity contribution in [1.82, 2.24) is 14.3 Å². The van der Waals surface area contributed by atoms with Gasteiger partial charge in [-0.25, -0.2) is 18.4 Å². The van der Waals surface area contributed by atoms with Crippen molar-refractivity contribution < 1.29 is 13.2 Å². The molecule has 0 saturated carbocycles. The lowest BCUT2D eigenvalue weighted by atomic mass is 10.1. The summed E-state index contributed by atoms with van der Waals surface area (Å²) < 4.78 is 34.1. The molecule has 3 rings (SSSR count). The molecule has 1 saturated heterocycles. The van der Waals surface area contributed by atoms with Crippen LogP contribution in [-0.4, -0.2) is 41.9 Å². The Bertz CT molecular complexity index is 856. The van der Waals surface area contributed by atoms with E-state index in [1.54, 1.807) is 18.5 Å². The van der Waals surface area contributed by atoms with Gasteiger partial charge in [0.1, 0.15) is 6.10 Å². The van der Waals surface area contributed by atoms with E-state index < -0.39 is 10.0 Å². The van der Waals surface area contributed by atoms with Gasteiger partial charge in [-0.15, -0.1) is 0 Å². The molecule has 6 nitrogen and oxygen atoms in total. The van der Waals surface area contributed by atoms with Crippen LogP contribution in [0.15, 0.2) is 40.0 Å². The topological polar surface area (TPSA) is 72.4 Å². The van der Waals surface area contributed by atoms with Crippen molar-refractivity contribution in [2.45, 2.75) is 37.7 Å². The molecule has 1 aliphatic rings. The van der Waals surface area contributed by atoms with E-state index in [1.165, 1.54) is 4.31 Å². The molecule has 1 aromatic carbocycles. The number of piperidine rings is 1. The van der Waals surface area contributed by atoms with Crippen molar-refractivity contribution in [3.63, 3.8) is 0 Å². The predicted molar refractivity (Wildman–Crippen MR) is 98.1 cm³/mol. The normalized spacial score (nSPS) is 18.9. The number of ether oxygens (including phenoxy) is 1. The summed E-state index contributed by atoms with van der Waals surface area (Å²) in [5.74, 6) is 0. The summed E-state index contributed by atoms with van der Waals surface area (Å²) in [6, 6.07) is 5.75. The van der Waals surface area contributed by atoms with Crippen LogP contribution < -0.4 is 4.74 Å². The molecule has 2 aromatic rings. The minimum Gasteiger partial charge on any atom is -0.459 e. The Hall–Kier alpha value is -1.51. The van der Waals surface area contributed by atoms with E-state index in [-0.39, 0.29) is 12.1 Å². The zero-order valence-electron chi connectivity index (χ0n) is 14.1. The van der Waals surface area contributed by atoms with Gasteiger partial charge in [-0.1, -0.05) is 12.1 Å². The first-order valence-electron chi connectivity index (χ1n) is 8.08. The summed E-state index contributed by atoms with van der Waals surface area (Å²) in [6.45, 7) is 4.51. The maximum atomic E-state index is 13.0. The summed E-state index contributed by atoms with van der Waals surface area (Å²) in [7, 11) is -3.54. The summed E-state index contributed by atoms with van der Waals surface area (Å²) >= 11 is 3.28. The number of aromatic nitrogens is 2. The quantitative estimate of drug-likeness (QED) is 0.752. The van der Waals surface area contributed by atoms with Crippen molar-refractivity contribution in [2.24, 2.45) is 0 Å². The van der Waals surface area contributed by atoms with Crippen LogP contribution in [0.2, 0.25) is 0 Å². The molecule has 1 aromatic heterocycles. The monoisotopic (exact) mass is 425 g/mol. The number of aryl methyl sites for hydroxylation is 2. The Morgan fingerprint density at radius 3 is 2.68 bits per heavy atom. The second kappa shape index (κ2) is 7.39. The van der Waals surface area contributed by atoms with Crippen molar-refractivity contribution >= 4 is 26.0 Å². The van der Waals surface area contributed by atoms with E-state index in [2.05, 4.69) is 25.9 Å². The number of halogens is 1. The van der Waals surface area contributed by atoms with Crippen LogP contribution in [0.25, 0.3) is 0 Å². The van der Waals surface area contributed by atoms with Gasteiger partial charge in [-0.3, -0.25) is 0 Å². The van der Waals surface area contributed by atoms with Crippen LogP contribution in [-0.2, 0) is 10.0 Å². The maximum Gasteiger partial charge on any atom is 0.316 e. The lowest BCUT2D eigenvalue weighted by Gasteiger charge is -2.32. The minimum atomic E-state index is -3.54. The van der Waals surface area contributed by atoms with Gasteiger partial charge in [0, 0.05) is 18.9 Å². The third-order valence-electron chi connectivity index (χ3n) is 4.17. The fraction of sp³-hybridized carbons (Fsp3) is 0.412. The molecular weight excluding hydrogens is 406 g/mol. The molecule has 8 heteroatoms. The zero-order chi connectivity index (χ0) is 18.0. The number of hydrogen-bond donors (Lipinski definition) is 0. The Kier molecular flexibility index (Phi) is 5.41. The summed E-state index contributed by atoms with van der Waals surface area (Å²) in [5.41, 5.74) is 1.68. The Morgan fingerprint density at radius 1 is 1.24 bits per heavy atom. The first-order valence-corrected chi connectivity index (χ1v) is 10.3. The number of rotatable bonds is 4. The lowest BCUT2D eigenvalue weighted by Crippen LogP contribution is -2.44. The van der Waals surface area contributed by atoms with Crippen LogP contribution in [0, 0.1) is 13.8 Å². The highest BCUT2D eigenvalue weighted by Crippen LogP contribution is 2.25. The van der Waals surface area contributed by atoms with Crippen molar-refractivity contribution in [2.75, 3.05) is 13.1 Å². The third kappa shape index (κ3) is 4.19. The lowest BCUT2D eigenvalue weighted by molar-refractivity contribution is 0.119. The highest BCUT2D eigenvalue weighted by molar-refractivity contribution is 9.10. The molecule has 134 valence electrons. The highest BCUT2D eigenvalue weighted by atomic mass is 79.9. The van der Waals surface area contributed by atoms with Gasteiger partial charge >= 0.3 is 6.01 Å². The van der Waals surface area contributed by atoms with Crippen LogP contribution in [0.1, 0.15) is 24.0 Å². The van der Waals surface area contributed by atoms with Gasteiger partial charge in [0.15, 0.2) is 0 Å². The zero-order valence-corrected chi connectivity index (χ0v) is 16.5. The second-order valence-electron chi connectivity index (χ2n) is 6.20. The molecule has 0 bridgehead atoms. The fourth-order valence-electron chi connectivity index (χ4n) is 2.85. The Labute approximate surface area is 156 Å². The summed E-state index contributed by atoms with van der Waals surface area (Å²) in [5, 5.41) is 0. The first-order chi connectivity index (χ1) is 11.9. The van der Waals surface area contributed by atoms with E-state index in [0.29, 0.717) is 18.0 Å². The van der Waals surface area contributed by atoms with E-state index in [1.807, 2.05) is 26.0 Å². The van der Waals surface area contributed by atoms with Gasteiger partial charge < -0.3 is 4.74 Å². The minimum absolute atomic E-state index is 0.255. The fourth-order valence-corrected chi connectivity index (χ4v) is 4.88. The van der Waals surface area contributed by atoms with Crippen LogP contribution in [0.5, 0.6) is 6.01 Å². The number of benzene rings is 1. The maximum absolute atomic E-state index is 13.0. The molecule has 1 unspecified atom stereocenters. The summed E-state index contributed by atoms with van der Waals surface area (Å²) in [4.78, 5) is 8.56. The standard InChI is InChI=1S/C17H20BrN3O3S/c1-12-5-6-13(2)16(8-12)25(22,23)21-7-3-4-15(11-21)24-17-19-9-14(18)10-20-17/h5-6,8-10,15H,3-4,7,11H2,1-2H3. The van der Waals surface area contributed by atoms with E-state index in [0.717, 1.165) is 28.4 Å². The number of hydrogen-bond acceptors (Lipinski definition) is 5. The van der Waals surface area contributed by atoms with E-state index in [4.69, 9.17) is 4.74 Å². The molecule has 2 heterocycles. The van der Waals surface area contributed by atoms with Gasteiger partial charge in [0.05, 0.1) is 15.9 Å². The molecule has 0 amide bonds. The molecular formula is C17H20BrN3O3S. The van der Waals surface area contributed by atoms with Crippen molar-refractivity contribution in [1.29, 1.82) is 0 Å². The molecule has 1 atom stereocenters. The molecule has 0 spiro atoms. The van der Waals surface area contributed by atoms with Gasteiger partial charge in [0.2, 0.25) is 10.0 Å². The van der Waals surface area contributed by atoms with Gasteiger partial charge in [-0.05, 0) is 59.8 Å². The molecule has 25 heavy (non-hydrogen) atoms. The van der Waals surface area contributed by atoms with Gasteiger partial charge in [-0.2, -0.15) is 4.31 Å². The Balaban J connectivity index is 1.78. The largest absolute Gasteiger partial charge is 0.459 e. The van der Waals surface area contributed by atoms with Gasteiger partial charge in [0.25, 0.3) is 0 Å². The first kappa shape index (κ1) is 18.3. The molecule has 0 radical (unpaired) electrons.